The van der Waals surface area contributed by atoms with Gasteiger partial charge in [0.2, 0.25) is 0 Å². The van der Waals surface area contributed by atoms with E-state index in [1.54, 1.807) is 45.3 Å². The second-order valence-electron chi connectivity index (χ2n) is 20.5. The summed E-state index contributed by atoms with van der Waals surface area (Å²) in [7, 11) is 0. The van der Waals surface area contributed by atoms with E-state index in [1.165, 1.54) is 158 Å². The fourth-order valence-corrected chi connectivity index (χ4v) is 14.7. The van der Waals surface area contributed by atoms with Gasteiger partial charge in [0.15, 0.2) is 23.0 Å². The fraction of sp³-hybridized carbons (Fsp3) is 0.523. The van der Waals surface area contributed by atoms with E-state index in [0.717, 1.165) is 91.1 Å². The number of benzene rings is 4. The van der Waals surface area contributed by atoms with Crippen molar-refractivity contribution in [3.05, 3.63) is 69.0 Å². The van der Waals surface area contributed by atoms with Crippen molar-refractivity contribution in [2.24, 2.45) is 0 Å². The van der Waals surface area contributed by atoms with E-state index in [-0.39, 0.29) is 12.6 Å². The van der Waals surface area contributed by atoms with Gasteiger partial charge in [-0.3, -0.25) is 0 Å². The maximum Gasteiger partial charge on any atom is 0.339 e. The second kappa shape index (κ2) is 30.0. The zero-order chi connectivity index (χ0) is 52.2. The molecule has 0 N–H and O–H groups in total. The molecule has 8 aromatic rings. The average Bonchev–Trinajstić information content (AvgIpc) is 4.29. The van der Waals surface area contributed by atoms with Gasteiger partial charge in [-0.1, -0.05) is 156 Å². The number of esters is 1. The van der Waals surface area contributed by atoms with Crippen LogP contribution in [-0.4, -0.2) is 39.0 Å². The molecule has 8 rings (SSSR count). The third-order valence-electron chi connectivity index (χ3n) is 14.6. The minimum absolute atomic E-state index is 0.289. The molecule has 10 heteroatoms. The summed E-state index contributed by atoms with van der Waals surface area (Å²) >= 11 is 6.94. The van der Waals surface area contributed by atoms with Gasteiger partial charge in [-0.2, -0.15) is 0 Å². The molecule has 0 atom stereocenters. The highest BCUT2D eigenvalue weighted by atomic mass is 32.1. The van der Waals surface area contributed by atoms with Crippen molar-refractivity contribution < 1.29 is 28.5 Å². The molecule has 4 heterocycles. The van der Waals surface area contributed by atoms with Crippen LogP contribution in [-0.2, 0) is 9.53 Å². The first-order valence-electron chi connectivity index (χ1n) is 29.2. The van der Waals surface area contributed by atoms with Crippen molar-refractivity contribution in [3.63, 3.8) is 0 Å². The Morgan fingerprint density at radius 1 is 0.400 bits per heavy atom. The molecular formula is C65H84O6S4. The van der Waals surface area contributed by atoms with E-state index in [0.29, 0.717) is 32.0 Å². The number of unbranched alkanes of at least 4 members (excludes halogenated alkanes) is 20. The lowest BCUT2D eigenvalue weighted by atomic mass is 10.0. The zero-order valence-electron chi connectivity index (χ0n) is 45.9. The quantitative estimate of drug-likeness (QED) is 0.0222. The van der Waals surface area contributed by atoms with Crippen LogP contribution in [0, 0.1) is 0 Å². The third kappa shape index (κ3) is 14.8. The summed E-state index contributed by atoms with van der Waals surface area (Å²) in [6.45, 7) is 13.9. The molecule has 6 nitrogen and oxygen atoms in total. The van der Waals surface area contributed by atoms with Gasteiger partial charge in [-0.05, 0) is 98.0 Å². The topological polar surface area (TPSA) is 63.2 Å². The summed E-state index contributed by atoms with van der Waals surface area (Å²) < 4.78 is 37.3. The van der Waals surface area contributed by atoms with E-state index < -0.39 is 0 Å². The van der Waals surface area contributed by atoms with Crippen LogP contribution < -0.4 is 18.9 Å². The van der Waals surface area contributed by atoms with Crippen LogP contribution in [0.2, 0.25) is 0 Å². The van der Waals surface area contributed by atoms with Gasteiger partial charge in [0.05, 0.1) is 38.6 Å². The number of fused-ring (bicyclic) bond motifs is 12. The first kappa shape index (κ1) is 56.8. The molecule has 0 fully saturated rings. The fourth-order valence-electron chi connectivity index (χ4n) is 10.4. The molecule has 4 aromatic carbocycles. The highest BCUT2D eigenvalue weighted by molar-refractivity contribution is 7.23. The molecule has 404 valence electrons. The van der Waals surface area contributed by atoms with Gasteiger partial charge in [-0.25, -0.2) is 4.79 Å². The van der Waals surface area contributed by atoms with Crippen LogP contribution in [0.25, 0.3) is 73.5 Å². The molecule has 0 bridgehead atoms. The summed E-state index contributed by atoms with van der Waals surface area (Å²) in [5.41, 5.74) is 0.568. The van der Waals surface area contributed by atoms with Gasteiger partial charge in [0.1, 0.15) is 0 Å². The average molecular weight is 1090 g/mol. The van der Waals surface area contributed by atoms with Crippen molar-refractivity contribution in [2.75, 3.05) is 33.0 Å². The van der Waals surface area contributed by atoms with Crippen LogP contribution in [0.5, 0.6) is 23.0 Å². The Bertz CT molecular complexity index is 3080. The molecule has 0 aliphatic rings. The Morgan fingerprint density at radius 2 is 0.747 bits per heavy atom. The standard InChI is InChI=1S/C65H84O6S4/c1-6-11-15-19-23-27-33-68-56-41-50-52(43-58(56)70-35-29-25-21-17-13-8-3)63-49(47-31-37-72-61(47)50)39-46(74-63)40-55(65(66)67-10-5)60-45-54-48-32-38-73-62(48)51-42-57(69-34-28-24-20-16-12-7-2)59(44-53(51)64(54)75-60)71-36-30-26-22-18-14-9-4/h31-32,37-45H,6-30,33-36H2,1-5H3/b55-40-. The largest absolute Gasteiger partial charge is 0.490 e. The van der Waals surface area contributed by atoms with Crippen molar-refractivity contribution in [3.8, 4) is 23.0 Å². The highest BCUT2D eigenvalue weighted by Crippen LogP contribution is 2.49. The van der Waals surface area contributed by atoms with E-state index in [9.17, 15) is 4.79 Å². The van der Waals surface area contributed by atoms with Gasteiger partial charge in [0.25, 0.3) is 0 Å². The third-order valence-corrected chi connectivity index (χ3v) is 18.8. The van der Waals surface area contributed by atoms with E-state index in [4.69, 9.17) is 23.7 Å². The number of carbonyl (C=O) groups excluding carboxylic acids is 1. The lowest BCUT2D eigenvalue weighted by Crippen LogP contribution is -2.05. The molecule has 75 heavy (non-hydrogen) atoms. The zero-order valence-corrected chi connectivity index (χ0v) is 49.2. The number of rotatable bonds is 36. The Labute approximate surface area is 464 Å². The molecule has 0 saturated carbocycles. The number of carbonyl (C=O) groups is 1. The molecule has 0 saturated heterocycles. The van der Waals surface area contributed by atoms with Gasteiger partial charge >= 0.3 is 5.97 Å². The summed E-state index contributed by atoms with van der Waals surface area (Å²) in [6.07, 6.45) is 31.1. The lowest BCUT2D eigenvalue weighted by molar-refractivity contribution is -0.136. The molecule has 0 spiro atoms. The van der Waals surface area contributed by atoms with Crippen molar-refractivity contribution in [1.29, 1.82) is 0 Å². The summed E-state index contributed by atoms with van der Waals surface area (Å²) in [4.78, 5) is 16.2. The normalized spacial score (nSPS) is 12.1. The minimum atomic E-state index is -0.316. The van der Waals surface area contributed by atoms with Crippen LogP contribution in [0.15, 0.2) is 59.3 Å². The minimum Gasteiger partial charge on any atom is -0.490 e. The number of thiophene rings is 4. The van der Waals surface area contributed by atoms with Gasteiger partial charge < -0.3 is 23.7 Å². The number of hydrogen-bond donors (Lipinski definition) is 0. The summed E-state index contributed by atoms with van der Waals surface area (Å²) in [5.74, 6) is 2.97. The van der Waals surface area contributed by atoms with Crippen molar-refractivity contribution in [2.45, 2.75) is 189 Å². The van der Waals surface area contributed by atoms with Crippen LogP contribution in [0.4, 0.5) is 0 Å². The number of ether oxygens (including phenoxy) is 5. The monoisotopic (exact) mass is 1090 g/mol. The lowest BCUT2D eigenvalue weighted by Gasteiger charge is -2.15. The Balaban J connectivity index is 1.16. The van der Waals surface area contributed by atoms with E-state index >= 15 is 0 Å². The van der Waals surface area contributed by atoms with Crippen molar-refractivity contribution in [1.82, 2.24) is 0 Å². The predicted molar refractivity (Wildman–Crippen MR) is 329 cm³/mol. The van der Waals surface area contributed by atoms with Crippen LogP contribution in [0.1, 0.15) is 198 Å². The number of hydrogen-bond acceptors (Lipinski definition) is 10. The Hall–Kier alpha value is -4.35. The molecule has 0 aliphatic heterocycles. The summed E-state index contributed by atoms with van der Waals surface area (Å²) in [6, 6.07) is 17.9. The SMILES string of the molecule is CCCCCCCCOc1cc2c(cc1OCCCCCCCC)c1sc(/C=C(\C(=O)OCC)c3cc4c5ccsc5c5cc(OCCCCCCCC)c(OCCCCCCCC)cc5c4s3)cc1c1ccsc12. The molecule has 4 aromatic heterocycles. The maximum atomic E-state index is 14.3. The smallest absolute Gasteiger partial charge is 0.339 e. The van der Waals surface area contributed by atoms with Gasteiger partial charge in [-0.15, -0.1) is 45.3 Å². The molecular weight excluding hydrogens is 1000 g/mol. The maximum absolute atomic E-state index is 14.3. The molecule has 0 unspecified atom stereocenters. The second-order valence-corrected chi connectivity index (χ2v) is 24.5. The highest BCUT2D eigenvalue weighted by Gasteiger charge is 2.23. The van der Waals surface area contributed by atoms with Crippen LogP contribution in [0.3, 0.4) is 0 Å². The van der Waals surface area contributed by atoms with Gasteiger partial charge in [0, 0.05) is 71.6 Å². The molecule has 0 radical (unpaired) electrons. The van der Waals surface area contributed by atoms with E-state index in [2.05, 4.69) is 93.1 Å². The Morgan fingerprint density at radius 3 is 1.15 bits per heavy atom. The Kier molecular flexibility index (Phi) is 22.7. The van der Waals surface area contributed by atoms with E-state index in [1.807, 2.05) is 6.92 Å². The van der Waals surface area contributed by atoms with Crippen molar-refractivity contribution >= 4 is 125 Å². The predicted octanol–water partition coefficient (Wildman–Crippen LogP) is 21.9. The molecule has 0 aliphatic carbocycles. The summed E-state index contributed by atoms with van der Waals surface area (Å²) in [5, 5.41) is 13.7. The van der Waals surface area contributed by atoms with Crippen LogP contribution >= 0.6 is 45.3 Å². The molecule has 0 amide bonds. The first-order valence-corrected chi connectivity index (χ1v) is 32.6. The first-order chi connectivity index (χ1) is 37.0.